The molecule has 0 bridgehead atoms. The number of rotatable bonds is 5. The average Bonchev–Trinajstić information content (AvgIpc) is 2.85. The van der Waals surface area contributed by atoms with Gasteiger partial charge in [-0.1, -0.05) is 24.6 Å². The molecule has 1 amide bonds. The van der Waals surface area contributed by atoms with Crippen molar-refractivity contribution < 1.29 is 9.53 Å². The van der Waals surface area contributed by atoms with Crippen molar-refractivity contribution in [3.8, 4) is 5.75 Å². The van der Waals surface area contributed by atoms with Crippen LogP contribution in [0.2, 0.25) is 0 Å². The topological polar surface area (TPSA) is 64.3 Å². The summed E-state index contributed by atoms with van der Waals surface area (Å²) in [5.74, 6) is 0.943. The molecule has 0 spiro atoms. The van der Waals surface area contributed by atoms with E-state index in [1.807, 2.05) is 31.2 Å². The molecule has 1 aliphatic rings. The van der Waals surface area contributed by atoms with Gasteiger partial charge in [-0.2, -0.15) is 0 Å². The number of nitrogens with two attached hydrogens (primary N) is 1. The fraction of sp³-hybridized carbons (Fsp3) is 0.562. The third-order valence-corrected chi connectivity index (χ3v) is 4.01. The second-order valence-electron chi connectivity index (χ2n) is 5.63. The Kier molecular flexibility index (Phi) is 5.01. The fourth-order valence-corrected chi connectivity index (χ4v) is 2.92. The van der Waals surface area contributed by atoms with Gasteiger partial charge in [0.2, 0.25) is 5.91 Å². The van der Waals surface area contributed by atoms with Crippen LogP contribution in [0, 0.1) is 5.92 Å². The van der Waals surface area contributed by atoms with Crippen LogP contribution >= 0.6 is 0 Å². The number of carbonyl (C=O) groups excluding carboxylic acids is 1. The minimum atomic E-state index is -0.0184. The zero-order valence-corrected chi connectivity index (χ0v) is 12.3. The van der Waals surface area contributed by atoms with Gasteiger partial charge in [-0.3, -0.25) is 4.79 Å². The summed E-state index contributed by atoms with van der Waals surface area (Å²) in [4.78, 5) is 12.2. The molecule has 0 aliphatic heterocycles. The van der Waals surface area contributed by atoms with Crippen LogP contribution in [0.4, 0.5) is 0 Å². The number of nitrogens with one attached hydrogen (secondary N) is 1. The number of ether oxygens (including phenoxy) is 1. The molecular weight excluding hydrogens is 252 g/mol. The van der Waals surface area contributed by atoms with E-state index in [0.29, 0.717) is 0 Å². The van der Waals surface area contributed by atoms with Crippen molar-refractivity contribution in [2.75, 3.05) is 7.11 Å². The van der Waals surface area contributed by atoms with E-state index in [0.717, 1.165) is 37.0 Å². The molecule has 1 fully saturated rings. The monoisotopic (exact) mass is 276 g/mol. The molecule has 1 saturated carbocycles. The summed E-state index contributed by atoms with van der Waals surface area (Å²) in [6.07, 6.45) is 3.69. The van der Waals surface area contributed by atoms with Crippen molar-refractivity contribution >= 4 is 5.91 Å². The van der Waals surface area contributed by atoms with Crippen LogP contribution in [-0.4, -0.2) is 25.1 Å². The summed E-state index contributed by atoms with van der Waals surface area (Å²) in [5.41, 5.74) is 7.08. The minimum Gasteiger partial charge on any atom is -0.496 e. The van der Waals surface area contributed by atoms with Crippen LogP contribution < -0.4 is 15.8 Å². The van der Waals surface area contributed by atoms with E-state index in [1.165, 1.54) is 0 Å². The predicted octanol–water partition coefficient (Wildman–Crippen LogP) is 1.87. The van der Waals surface area contributed by atoms with E-state index < -0.39 is 0 Å². The van der Waals surface area contributed by atoms with Gasteiger partial charge in [0, 0.05) is 12.1 Å². The summed E-state index contributed by atoms with van der Waals surface area (Å²) in [6.45, 7) is 2.02. The Morgan fingerprint density at radius 3 is 2.85 bits per heavy atom. The lowest BCUT2D eigenvalue weighted by Crippen LogP contribution is -2.43. The Balaban J connectivity index is 1.92. The summed E-state index contributed by atoms with van der Waals surface area (Å²) in [7, 11) is 1.67. The highest BCUT2D eigenvalue weighted by Crippen LogP contribution is 2.24. The number of hydrogen-bond donors (Lipinski definition) is 2. The molecule has 3 atom stereocenters. The first-order chi connectivity index (χ1) is 9.61. The number of hydrogen-bond acceptors (Lipinski definition) is 3. The number of benzene rings is 1. The Hall–Kier alpha value is -1.55. The van der Waals surface area contributed by atoms with Crippen molar-refractivity contribution in [2.45, 2.75) is 44.7 Å². The molecule has 1 aromatic carbocycles. The molecule has 0 heterocycles. The molecule has 20 heavy (non-hydrogen) atoms. The molecule has 1 aromatic rings. The van der Waals surface area contributed by atoms with Crippen molar-refractivity contribution in [3.63, 3.8) is 0 Å². The first kappa shape index (κ1) is 14.9. The Labute approximate surface area is 120 Å². The van der Waals surface area contributed by atoms with Gasteiger partial charge in [-0.15, -0.1) is 0 Å². The van der Waals surface area contributed by atoms with E-state index in [4.69, 9.17) is 10.5 Å². The zero-order valence-electron chi connectivity index (χ0n) is 12.3. The highest BCUT2D eigenvalue weighted by molar-refractivity contribution is 5.80. The molecule has 4 heteroatoms. The van der Waals surface area contributed by atoms with E-state index in [2.05, 4.69) is 5.32 Å². The SMILES string of the molecule is COc1ccccc1CC(C)NC(=O)C1CCCC1N. The van der Waals surface area contributed by atoms with Gasteiger partial charge >= 0.3 is 0 Å². The summed E-state index contributed by atoms with van der Waals surface area (Å²) in [5, 5.41) is 3.08. The molecule has 3 N–H and O–H groups in total. The maximum absolute atomic E-state index is 12.2. The first-order valence-electron chi connectivity index (χ1n) is 7.29. The Morgan fingerprint density at radius 2 is 2.20 bits per heavy atom. The van der Waals surface area contributed by atoms with Crippen LogP contribution in [-0.2, 0) is 11.2 Å². The second kappa shape index (κ2) is 6.75. The lowest BCUT2D eigenvalue weighted by atomic mass is 10.0. The molecular formula is C16H24N2O2. The smallest absolute Gasteiger partial charge is 0.224 e. The standard InChI is InChI=1S/C16H24N2O2/c1-11(10-12-6-3-4-9-15(12)20-2)18-16(19)13-7-5-8-14(13)17/h3-4,6,9,11,13-14H,5,7-8,10,17H2,1-2H3,(H,18,19). The predicted molar refractivity (Wildman–Crippen MR) is 79.6 cm³/mol. The third kappa shape index (κ3) is 3.51. The molecule has 110 valence electrons. The van der Waals surface area contributed by atoms with E-state index in [-0.39, 0.29) is 23.9 Å². The summed E-state index contributed by atoms with van der Waals surface area (Å²) >= 11 is 0. The number of carbonyl (C=O) groups is 1. The lowest BCUT2D eigenvalue weighted by molar-refractivity contribution is -0.125. The summed E-state index contributed by atoms with van der Waals surface area (Å²) < 4.78 is 5.34. The number of amides is 1. The van der Waals surface area contributed by atoms with E-state index in [9.17, 15) is 4.79 Å². The van der Waals surface area contributed by atoms with Crippen LogP contribution in [0.5, 0.6) is 5.75 Å². The fourth-order valence-electron chi connectivity index (χ4n) is 2.92. The van der Waals surface area contributed by atoms with Crippen molar-refractivity contribution in [1.82, 2.24) is 5.32 Å². The third-order valence-electron chi connectivity index (χ3n) is 4.01. The largest absolute Gasteiger partial charge is 0.496 e. The molecule has 2 rings (SSSR count). The highest BCUT2D eigenvalue weighted by Gasteiger charge is 2.30. The second-order valence-corrected chi connectivity index (χ2v) is 5.63. The van der Waals surface area contributed by atoms with Gasteiger partial charge in [0.15, 0.2) is 0 Å². The summed E-state index contributed by atoms with van der Waals surface area (Å²) in [6, 6.07) is 8.00. The van der Waals surface area contributed by atoms with Gasteiger partial charge in [0.05, 0.1) is 13.0 Å². The average molecular weight is 276 g/mol. The van der Waals surface area contributed by atoms with E-state index >= 15 is 0 Å². The van der Waals surface area contributed by atoms with Crippen LogP contribution in [0.1, 0.15) is 31.7 Å². The lowest BCUT2D eigenvalue weighted by Gasteiger charge is -2.20. The molecule has 3 unspecified atom stereocenters. The van der Waals surface area contributed by atoms with Crippen molar-refractivity contribution in [1.29, 1.82) is 0 Å². The molecule has 0 saturated heterocycles. The molecule has 0 radical (unpaired) electrons. The molecule has 4 nitrogen and oxygen atoms in total. The zero-order chi connectivity index (χ0) is 14.5. The van der Waals surface area contributed by atoms with Gasteiger partial charge in [0.1, 0.15) is 5.75 Å². The maximum Gasteiger partial charge on any atom is 0.224 e. The molecule has 1 aliphatic carbocycles. The van der Waals surface area contributed by atoms with Gasteiger partial charge in [0.25, 0.3) is 0 Å². The van der Waals surface area contributed by atoms with Gasteiger partial charge < -0.3 is 15.8 Å². The number of methoxy groups -OCH3 is 1. The van der Waals surface area contributed by atoms with Crippen LogP contribution in [0.15, 0.2) is 24.3 Å². The normalized spacial score (nSPS) is 23.4. The van der Waals surface area contributed by atoms with Crippen molar-refractivity contribution in [2.24, 2.45) is 11.7 Å². The Morgan fingerprint density at radius 1 is 1.45 bits per heavy atom. The highest BCUT2D eigenvalue weighted by atomic mass is 16.5. The van der Waals surface area contributed by atoms with Gasteiger partial charge in [-0.25, -0.2) is 0 Å². The van der Waals surface area contributed by atoms with Crippen LogP contribution in [0.25, 0.3) is 0 Å². The van der Waals surface area contributed by atoms with Crippen LogP contribution in [0.3, 0.4) is 0 Å². The van der Waals surface area contributed by atoms with Gasteiger partial charge in [-0.05, 0) is 37.8 Å². The first-order valence-corrected chi connectivity index (χ1v) is 7.29. The Bertz CT molecular complexity index is 462. The van der Waals surface area contributed by atoms with E-state index in [1.54, 1.807) is 7.11 Å². The molecule has 0 aromatic heterocycles. The quantitative estimate of drug-likeness (QED) is 0.863. The number of para-hydroxylation sites is 1. The van der Waals surface area contributed by atoms with Crippen molar-refractivity contribution in [3.05, 3.63) is 29.8 Å². The minimum absolute atomic E-state index is 0.0184. The maximum atomic E-state index is 12.2.